The van der Waals surface area contributed by atoms with Crippen molar-refractivity contribution in [1.29, 1.82) is 0 Å². The predicted molar refractivity (Wildman–Crippen MR) is 106 cm³/mol. The number of thiophene rings is 3. The second kappa shape index (κ2) is 5.40. The second-order valence-electron chi connectivity index (χ2n) is 7.27. The van der Waals surface area contributed by atoms with Crippen LogP contribution in [0.3, 0.4) is 0 Å². The van der Waals surface area contributed by atoms with Crippen molar-refractivity contribution < 1.29 is 0 Å². The fraction of sp³-hybridized carbons (Fsp3) is 0.316. The molecule has 118 valence electrons. The monoisotopic (exact) mass is 357 g/mol. The molecule has 0 amide bonds. The molecule has 23 heavy (non-hydrogen) atoms. The van der Waals surface area contributed by atoms with Gasteiger partial charge in [-0.05, 0) is 47.9 Å². The highest BCUT2D eigenvalue weighted by molar-refractivity contribution is 7.33. The predicted octanol–water partition coefficient (Wildman–Crippen LogP) is 7.14. The lowest BCUT2D eigenvalue weighted by atomic mass is 9.92. The van der Waals surface area contributed by atoms with Gasteiger partial charge >= 0.3 is 0 Å². The van der Waals surface area contributed by atoms with E-state index in [-0.39, 0.29) is 0 Å². The lowest BCUT2D eigenvalue weighted by molar-refractivity contribution is 0.415. The van der Waals surface area contributed by atoms with Crippen LogP contribution in [0.25, 0.3) is 30.1 Å². The number of nitrogens with zero attached hydrogens (tertiary/aromatic N) is 1. The molecular weight excluding hydrogens is 338 g/mol. The Morgan fingerprint density at radius 2 is 1.91 bits per heavy atom. The molecule has 0 bridgehead atoms. The Morgan fingerprint density at radius 1 is 1.09 bits per heavy atom. The Bertz CT molecular complexity index is 995. The van der Waals surface area contributed by atoms with Gasteiger partial charge in [-0.2, -0.15) is 0 Å². The summed E-state index contributed by atoms with van der Waals surface area (Å²) in [7, 11) is 0. The lowest BCUT2D eigenvalue weighted by Gasteiger charge is -2.16. The number of fused-ring (bicyclic) bond motifs is 3. The first-order valence-electron chi connectivity index (χ1n) is 7.76. The van der Waals surface area contributed by atoms with E-state index in [4.69, 9.17) is 0 Å². The average molecular weight is 358 g/mol. The van der Waals surface area contributed by atoms with E-state index in [0.29, 0.717) is 5.41 Å². The summed E-state index contributed by atoms with van der Waals surface area (Å²) in [5, 5.41) is 3.57. The quantitative estimate of drug-likeness (QED) is 0.371. The third kappa shape index (κ3) is 2.84. The van der Waals surface area contributed by atoms with Gasteiger partial charge in [-0.1, -0.05) is 20.8 Å². The average Bonchev–Trinajstić information content (AvgIpc) is 3.11. The summed E-state index contributed by atoms with van der Waals surface area (Å²) in [6.45, 7) is 9.06. The van der Waals surface area contributed by atoms with Crippen LogP contribution >= 0.6 is 34.0 Å². The number of pyridine rings is 1. The minimum Gasteiger partial charge on any atom is -0.254 e. The van der Waals surface area contributed by atoms with Gasteiger partial charge in [0, 0.05) is 21.2 Å². The maximum absolute atomic E-state index is 4.67. The minimum atomic E-state index is 0.337. The number of aryl methyl sites for hydroxylation is 1. The fourth-order valence-corrected chi connectivity index (χ4v) is 6.77. The van der Waals surface area contributed by atoms with Crippen molar-refractivity contribution in [1.82, 2.24) is 4.98 Å². The molecule has 0 radical (unpaired) electrons. The standard InChI is InChI=1S/C19H19NS3/c1-11-7-14(21-10-11)16-18-13(5-6-20-16)17-15(23-18)8-12(22-17)9-19(2,3)4/h5-8,10H,9H2,1-4H3. The molecule has 4 aromatic heterocycles. The van der Waals surface area contributed by atoms with Crippen LogP contribution in [0.2, 0.25) is 0 Å². The van der Waals surface area contributed by atoms with E-state index < -0.39 is 0 Å². The summed E-state index contributed by atoms with van der Waals surface area (Å²) in [6.07, 6.45) is 3.10. The third-order valence-corrected chi connectivity index (χ3v) is 7.29. The molecule has 0 aliphatic rings. The molecule has 4 rings (SSSR count). The Balaban J connectivity index is 1.88. The molecule has 0 spiro atoms. The van der Waals surface area contributed by atoms with Gasteiger partial charge in [-0.25, -0.2) is 0 Å². The van der Waals surface area contributed by atoms with Crippen molar-refractivity contribution in [3.63, 3.8) is 0 Å². The van der Waals surface area contributed by atoms with Gasteiger partial charge in [0.25, 0.3) is 0 Å². The van der Waals surface area contributed by atoms with Crippen LogP contribution < -0.4 is 0 Å². The Hall–Kier alpha value is -1.23. The molecule has 4 aromatic rings. The molecule has 0 fully saturated rings. The number of hydrogen-bond donors (Lipinski definition) is 0. The van der Waals surface area contributed by atoms with E-state index >= 15 is 0 Å². The number of aromatic nitrogens is 1. The smallest absolute Gasteiger partial charge is 0.0980 e. The molecule has 1 nitrogen and oxygen atoms in total. The second-order valence-corrected chi connectivity index (χ2v) is 10.4. The normalized spacial score (nSPS) is 12.5. The van der Waals surface area contributed by atoms with E-state index in [1.807, 2.05) is 28.9 Å². The first kappa shape index (κ1) is 15.3. The summed E-state index contributed by atoms with van der Waals surface area (Å²) >= 11 is 5.64. The molecule has 4 heterocycles. The van der Waals surface area contributed by atoms with Gasteiger partial charge in [-0.15, -0.1) is 34.0 Å². The van der Waals surface area contributed by atoms with Crippen molar-refractivity contribution in [3.05, 3.63) is 40.2 Å². The van der Waals surface area contributed by atoms with Crippen LogP contribution in [-0.4, -0.2) is 4.98 Å². The summed E-state index contributed by atoms with van der Waals surface area (Å²) in [5.41, 5.74) is 2.80. The Morgan fingerprint density at radius 3 is 2.61 bits per heavy atom. The molecule has 0 aromatic carbocycles. The van der Waals surface area contributed by atoms with E-state index in [0.717, 1.165) is 12.1 Å². The molecule has 0 aliphatic heterocycles. The molecule has 0 unspecified atom stereocenters. The molecule has 0 aliphatic carbocycles. The Labute approximate surface area is 148 Å². The maximum Gasteiger partial charge on any atom is 0.0980 e. The highest BCUT2D eigenvalue weighted by Gasteiger charge is 2.18. The van der Waals surface area contributed by atoms with Crippen molar-refractivity contribution in [3.8, 4) is 10.6 Å². The first-order chi connectivity index (χ1) is 10.9. The van der Waals surface area contributed by atoms with E-state index in [9.17, 15) is 0 Å². The largest absolute Gasteiger partial charge is 0.254 e. The van der Waals surface area contributed by atoms with E-state index in [1.54, 1.807) is 11.3 Å². The van der Waals surface area contributed by atoms with Gasteiger partial charge in [0.2, 0.25) is 0 Å². The van der Waals surface area contributed by atoms with Gasteiger partial charge in [-0.3, -0.25) is 4.98 Å². The van der Waals surface area contributed by atoms with Crippen molar-refractivity contribution in [2.24, 2.45) is 5.41 Å². The van der Waals surface area contributed by atoms with Crippen molar-refractivity contribution >= 4 is 53.5 Å². The van der Waals surface area contributed by atoms with Crippen LogP contribution in [0.5, 0.6) is 0 Å². The van der Waals surface area contributed by atoms with Crippen LogP contribution in [0, 0.1) is 12.3 Å². The molecular formula is C19H19NS3. The zero-order valence-electron chi connectivity index (χ0n) is 13.8. The third-order valence-electron chi connectivity index (χ3n) is 3.78. The summed E-state index contributed by atoms with van der Waals surface area (Å²) in [4.78, 5) is 7.44. The summed E-state index contributed by atoms with van der Waals surface area (Å²) in [5.74, 6) is 0. The number of rotatable bonds is 2. The molecule has 0 saturated carbocycles. The summed E-state index contributed by atoms with van der Waals surface area (Å²) < 4.78 is 4.17. The molecule has 0 atom stereocenters. The van der Waals surface area contributed by atoms with E-state index in [1.165, 1.54) is 34.8 Å². The highest BCUT2D eigenvalue weighted by atomic mass is 32.1. The lowest BCUT2D eigenvalue weighted by Crippen LogP contribution is -2.07. The highest BCUT2D eigenvalue weighted by Crippen LogP contribution is 2.44. The zero-order chi connectivity index (χ0) is 16.2. The van der Waals surface area contributed by atoms with Gasteiger partial charge in [0.05, 0.1) is 20.0 Å². The van der Waals surface area contributed by atoms with Crippen molar-refractivity contribution in [2.75, 3.05) is 0 Å². The molecule has 0 N–H and O–H groups in total. The maximum atomic E-state index is 4.67. The summed E-state index contributed by atoms with van der Waals surface area (Å²) in [6, 6.07) is 6.81. The first-order valence-corrected chi connectivity index (χ1v) is 10.3. The Kier molecular flexibility index (Phi) is 3.59. The van der Waals surface area contributed by atoms with Crippen LogP contribution in [0.4, 0.5) is 0 Å². The van der Waals surface area contributed by atoms with Gasteiger partial charge < -0.3 is 0 Å². The fourth-order valence-electron chi connectivity index (χ4n) is 2.87. The SMILES string of the molecule is Cc1csc(-c2nccc3c2sc2cc(CC(C)(C)C)sc23)c1. The van der Waals surface area contributed by atoms with Crippen molar-refractivity contribution in [2.45, 2.75) is 34.1 Å². The van der Waals surface area contributed by atoms with Gasteiger partial charge in [0.15, 0.2) is 0 Å². The van der Waals surface area contributed by atoms with Crippen LogP contribution in [0.15, 0.2) is 29.8 Å². The van der Waals surface area contributed by atoms with Crippen LogP contribution in [-0.2, 0) is 6.42 Å². The van der Waals surface area contributed by atoms with Gasteiger partial charge in [0.1, 0.15) is 0 Å². The minimum absolute atomic E-state index is 0.337. The molecule has 0 saturated heterocycles. The number of hydrogen-bond acceptors (Lipinski definition) is 4. The molecule has 4 heteroatoms. The zero-order valence-corrected chi connectivity index (χ0v) is 16.2. The van der Waals surface area contributed by atoms with Crippen LogP contribution in [0.1, 0.15) is 31.2 Å². The topological polar surface area (TPSA) is 12.9 Å². The van der Waals surface area contributed by atoms with E-state index in [2.05, 4.69) is 56.3 Å².